The first kappa shape index (κ1) is 15.4. The SMILES string of the molecule is CO[C@@H](C(=O)N/N=C\c1ccc(Br)cc1)c1ccccc1. The first-order chi connectivity index (χ1) is 10.2. The zero-order chi connectivity index (χ0) is 15.1. The fourth-order valence-corrected chi connectivity index (χ4v) is 2.06. The van der Waals surface area contributed by atoms with Crippen LogP contribution in [0.1, 0.15) is 17.2 Å². The number of carbonyl (C=O) groups is 1. The molecule has 0 aromatic heterocycles. The van der Waals surface area contributed by atoms with Gasteiger partial charge in [0.1, 0.15) is 0 Å². The van der Waals surface area contributed by atoms with Gasteiger partial charge in [-0.25, -0.2) is 5.43 Å². The number of hydrogen-bond acceptors (Lipinski definition) is 3. The molecule has 4 nitrogen and oxygen atoms in total. The number of carbonyl (C=O) groups excluding carboxylic acids is 1. The van der Waals surface area contributed by atoms with Gasteiger partial charge in [0.05, 0.1) is 6.21 Å². The van der Waals surface area contributed by atoms with Crippen molar-refractivity contribution in [3.05, 3.63) is 70.2 Å². The van der Waals surface area contributed by atoms with Crippen LogP contribution in [-0.2, 0) is 9.53 Å². The fraction of sp³-hybridized carbons (Fsp3) is 0.125. The highest BCUT2D eigenvalue weighted by Crippen LogP contribution is 2.16. The van der Waals surface area contributed by atoms with Crippen molar-refractivity contribution < 1.29 is 9.53 Å². The summed E-state index contributed by atoms with van der Waals surface area (Å²) in [6.45, 7) is 0. The fourth-order valence-electron chi connectivity index (χ4n) is 1.80. The summed E-state index contributed by atoms with van der Waals surface area (Å²) in [4.78, 5) is 12.1. The van der Waals surface area contributed by atoms with Gasteiger partial charge < -0.3 is 4.74 Å². The molecule has 0 fully saturated rings. The van der Waals surface area contributed by atoms with Crippen LogP contribution in [-0.4, -0.2) is 19.2 Å². The van der Waals surface area contributed by atoms with Gasteiger partial charge in [-0.3, -0.25) is 4.79 Å². The molecule has 0 saturated heterocycles. The molecular formula is C16H15BrN2O2. The highest BCUT2D eigenvalue weighted by atomic mass is 79.9. The summed E-state index contributed by atoms with van der Waals surface area (Å²) >= 11 is 3.36. The maximum Gasteiger partial charge on any atom is 0.273 e. The van der Waals surface area contributed by atoms with Gasteiger partial charge in [0.15, 0.2) is 6.10 Å². The normalized spacial score (nSPS) is 12.3. The first-order valence-electron chi connectivity index (χ1n) is 6.37. The van der Waals surface area contributed by atoms with Crippen molar-refractivity contribution in [1.29, 1.82) is 0 Å². The van der Waals surface area contributed by atoms with Gasteiger partial charge in [-0.05, 0) is 23.3 Å². The molecule has 21 heavy (non-hydrogen) atoms. The Morgan fingerprint density at radius 1 is 1.19 bits per heavy atom. The van der Waals surface area contributed by atoms with Gasteiger partial charge in [-0.15, -0.1) is 0 Å². The predicted molar refractivity (Wildman–Crippen MR) is 86.1 cm³/mol. The van der Waals surface area contributed by atoms with Crippen molar-refractivity contribution in [2.45, 2.75) is 6.10 Å². The summed E-state index contributed by atoms with van der Waals surface area (Å²) in [6.07, 6.45) is 0.912. The Morgan fingerprint density at radius 2 is 1.86 bits per heavy atom. The molecule has 2 aromatic rings. The van der Waals surface area contributed by atoms with Crippen molar-refractivity contribution in [3.63, 3.8) is 0 Å². The molecule has 0 aliphatic rings. The second-order valence-corrected chi connectivity index (χ2v) is 5.23. The molecule has 1 atom stereocenters. The van der Waals surface area contributed by atoms with E-state index in [0.29, 0.717) is 0 Å². The molecule has 0 aliphatic carbocycles. The van der Waals surface area contributed by atoms with Crippen LogP contribution in [0.4, 0.5) is 0 Å². The molecule has 0 heterocycles. The lowest BCUT2D eigenvalue weighted by Crippen LogP contribution is -2.26. The van der Waals surface area contributed by atoms with Crippen molar-refractivity contribution in [3.8, 4) is 0 Å². The third-order valence-corrected chi connectivity index (χ3v) is 3.36. The Morgan fingerprint density at radius 3 is 2.48 bits per heavy atom. The zero-order valence-corrected chi connectivity index (χ0v) is 13.1. The van der Waals surface area contributed by atoms with Gasteiger partial charge in [0.2, 0.25) is 0 Å². The third kappa shape index (κ3) is 4.51. The van der Waals surface area contributed by atoms with Crippen LogP contribution in [0.25, 0.3) is 0 Å². The third-order valence-electron chi connectivity index (χ3n) is 2.83. The number of amides is 1. The smallest absolute Gasteiger partial charge is 0.273 e. The van der Waals surface area contributed by atoms with E-state index >= 15 is 0 Å². The van der Waals surface area contributed by atoms with Crippen LogP contribution >= 0.6 is 15.9 Å². The molecule has 0 unspecified atom stereocenters. The monoisotopic (exact) mass is 346 g/mol. The molecule has 1 amide bonds. The number of hydrogen-bond donors (Lipinski definition) is 1. The Balaban J connectivity index is 1.98. The van der Waals surface area contributed by atoms with Gasteiger partial charge in [0, 0.05) is 11.6 Å². The van der Waals surface area contributed by atoms with Crippen molar-refractivity contribution in [1.82, 2.24) is 5.43 Å². The molecule has 1 N–H and O–H groups in total. The minimum Gasteiger partial charge on any atom is -0.367 e. The Labute approximate surface area is 132 Å². The average Bonchev–Trinajstić information content (AvgIpc) is 2.51. The number of methoxy groups -OCH3 is 1. The van der Waals surface area contributed by atoms with Crippen LogP contribution in [0.3, 0.4) is 0 Å². The van der Waals surface area contributed by atoms with E-state index in [4.69, 9.17) is 4.74 Å². The molecule has 5 heteroatoms. The van der Waals surface area contributed by atoms with E-state index in [1.807, 2.05) is 54.6 Å². The minimum absolute atomic E-state index is 0.308. The molecule has 0 spiro atoms. The minimum atomic E-state index is -0.673. The largest absolute Gasteiger partial charge is 0.367 e. The van der Waals surface area contributed by atoms with E-state index in [-0.39, 0.29) is 5.91 Å². The van der Waals surface area contributed by atoms with Gasteiger partial charge in [-0.2, -0.15) is 5.10 Å². The topological polar surface area (TPSA) is 50.7 Å². The maximum atomic E-state index is 12.1. The second kappa shape index (κ2) is 7.71. The Kier molecular flexibility index (Phi) is 5.66. The number of hydrazone groups is 1. The van der Waals surface area contributed by atoms with E-state index in [1.165, 1.54) is 7.11 Å². The second-order valence-electron chi connectivity index (χ2n) is 4.31. The molecule has 2 rings (SSSR count). The Bertz CT molecular complexity index is 612. The summed E-state index contributed by atoms with van der Waals surface area (Å²) in [5.41, 5.74) is 4.17. The van der Waals surface area contributed by atoms with Crippen LogP contribution in [0.15, 0.2) is 64.2 Å². The quantitative estimate of drug-likeness (QED) is 0.667. The maximum absolute atomic E-state index is 12.1. The number of benzene rings is 2. The first-order valence-corrected chi connectivity index (χ1v) is 7.16. The molecule has 0 saturated carbocycles. The van der Waals surface area contributed by atoms with Crippen molar-refractivity contribution in [2.75, 3.05) is 7.11 Å². The van der Waals surface area contributed by atoms with E-state index in [1.54, 1.807) is 6.21 Å². The van der Waals surface area contributed by atoms with E-state index in [2.05, 4.69) is 26.5 Å². The highest BCUT2D eigenvalue weighted by molar-refractivity contribution is 9.10. The number of nitrogens with one attached hydrogen (secondary N) is 1. The van der Waals surface area contributed by atoms with Crippen LogP contribution in [0.5, 0.6) is 0 Å². The lowest BCUT2D eigenvalue weighted by molar-refractivity contribution is -0.131. The summed E-state index contributed by atoms with van der Waals surface area (Å²) < 4.78 is 6.22. The standard InChI is InChI=1S/C16H15BrN2O2/c1-21-15(13-5-3-2-4-6-13)16(20)19-18-11-12-7-9-14(17)10-8-12/h2-11,15H,1H3,(H,19,20)/b18-11-/t15-/m1/s1. The average molecular weight is 347 g/mol. The summed E-state index contributed by atoms with van der Waals surface area (Å²) in [7, 11) is 1.50. The van der Waals surface area contributed by atoms with Crippen LogP contribution in [0.2, 0.25) is 0 Å². The molecule has 0 radical (unpaired) electrons. The van der Waals surface area contributed by atoms with Gasteiger partial charge in [0.25, 0.3) is 5.91 Å². The number of nitrogens with zero attached hydrogens (tertiary/aromatic N) is 1. The van der Waals surface area contributed by atoms with Gasteiger partial charge >= 0.3 is 0 Å². The summed E-state index contributed by atoms with van der Waals surface area (Å²) in [5.74, 6) is -0.308. The molecular weight excluding hydrogens is 332 g/mol. The number of ether oxygens (including phenoxy) is 1. The summed E-state index contributed by atoms with van der Waals surface area (Å²) in [5, 5.41) is 3.95. The number of halogens is 1. The lowest BCUT2D eigenvalue weighted by Gasteiger charge is -2.13. The van der Waals surface area contributed by atoms with Gasteiger partial charge in [-0.1, -0.05) is 58.4 Å². The summed E-state index contributed by atoms with van der Waals surface area (Å²) in [6, 6.07) is 16.9. The molecule has 0 aliphatic heterocycles. The van der Waals surface area contributed by atoms with E-state index in [9.17, 15) is 4.79 Å². The Hall–Kier alpha value is -1.98. The zero-order valence-electron chi connectivity index (χ0n) is 11.5. The highest BCUT2D eigenvalue weighted by Gasteiger charge is 2.18. The number of rotatable bonds is 5. The molecule has 2 aromatic carbocycles. The molecule has 0 bridgehead atoms. The molecule has 108 valence electrons. The van der Waals surface area contributed by atoms with E-state index < -0.39 is 6.10 Å². The predicted octanol–water partition coefficient (Wildman–Crippen LogP) is 3.29. The lowest BCUT2D eigenvalue weighted by atomic mass is 10.1. The van der Waals surface area contributed by atoms with Crippen LogP contribution in [0, 0.1) is 0 Å². The van der Waals surface area contributed by atoms with Crippen LogP contribution < -0.4 is 5.43 Å². The van der Waals surface area contributed by atoms with Crippen molar-refractivity contribution in [2.24, 2.45) is 5.10 Å². The van der Waals surface area contributed by atoms with Crippen molar-refractivity contribution >= 4 is 28.1 Å². The van der Waals surface area contributed by atoms with E-state index in [0.717, 1.165) is 15.6 Å².